The number of hydrogen-bond donors (Lipinski definition) is 1. The van der Waals surface area contributed by atoms with Crippen molar-refractivity contribution in [2.45, 2.75) is 39.8 Å². The first-order chi connectivity index (χ1) is 11.2. The van der Waals surface area contributed by atoms with E-state index in [9.17, 15) is 4.79 Å². The number of piperidine rings is 1. The minimum absolute atomic E-state index is 0.213. The topological polar surface area (TPSA) is 59.4 Å². The molecule has 1 aliphatic rings. The van der Waals surface area contributed by atoms with E-state index in [0.29, 0.717) is 12.2 Å². The van der Waals surface area contributed by atoms with Gasteiger partial charge in [-0.25, -0.2) is 5.48 Å². The van der Waals surface area contributed by atoms with E-state index in [2.05, 4.69) is 15.5 Å². The lowest BCUT2D eigenvalue weighted by molar-refractivity contribution is 0.0364. The molecule has 1 aromatic carbocycles. The highest BCUT2D eigenvalue weighted by molar-refractivity contribution is 6.00. The Morgan fingerprint density at radius 2 is 2.09 bits per heavy atom. The second-order valence-corrected chi connectivity index (χ2v) is 6.02. The minimum Gasteiger partial charge on any atom is -0.284 e. The first-order valence-electron chi connectivity index (χ1n) is 8.30. The third-order valence-corrected chi connectivity index (χ3v) is 4.35. The lowest BCUT2D eigenvalue weighted by atomic mass is 10.0. The molecule has 2 aromatic rings. The Kier molecular flexibility index (Phi) is 4.93. The van der Waals surface area contributed by atoms with E-state index in [-0.39, 0.29) is 5.91 Å². The summed E-state index contributed by atoms with van der Waals surface area (Å²) in [4.78, 5) is 19.5. The number of aryl methyl sites for hydroxylation is 1. The number of fused-ring (bicyclic) bond motifs is 1. The van der Waals surface area contributed by atoms with Crippen LogP contribution in [0.15, 0.2) is 18.3 Å². The monoisotopic (exact) mass is 316 g/mol. The third-order valence-electron chi connectivity index (χ3n) is 4.35. The number of nitrogens with one attached hydrogen (secondary N) is 1. The van der Waals surface area contributed by atoms with Crippen LogP contribution in [-0.2, 0) is 11.5 Å². The molecule has 0 radical (unpaired) electrons. The summed E-state index contributed by atoms with van der Waals surface area (Å²) < 4.78 is 1.98. The fourth-order valence-corrected chi connectivity index (χ4v) is 3.10. The zero-order valence-electron chi connectivity index (χ0n) is 13.8. The maximum Gasteiger partial charge on any atom is 0.275 e. The van der Waals surface area contributed by atoms with Gasteiger partial charge < -0.3 is 0 Å². The molecule has 0 atom stereocenters. The average Bonchev–Trinajstić information content (AvgIpc) is 2.97. The van der Waals surface area contributed by atoms with Gasteiger partial charge in [0, 0.05) is 17.1 Å². The molecular weight excluding hydrogens is 292 g/mol. The smallest absolute Gasteiger partial charge is 0.275 e. The summed E-state index contributed by atoms with van der Waals surface area (Å²) >= 11 is 0. The summed E-state index contributed by atoms with van der Waals surface area (Å²) in [5.74, 6) is -0.213. The predicted molar refractivity (Wildman–Crippen MR) is 89.0 cm³/mol. The molecule has 1 aromatic heterocycles. The molecule has 0 saturated carbocycles. The number of benzene rings is 1. The van der Waals surface area contributed by atoms with Crippen LogP contribution in [0.3, 0.4) is 0 Å². The first kappa shape index (κ1) is 16.0. The summed E-state index contributed by atoms with van der Waals surface area (Å²) in [6, 6.07) is 3.71. The Hall–Kier alpha value is -1.92. The average molecular weight is 316 g/mol. The molecule has 0 unspecified atom stereocenters. The molecule has 1 amide bonds. The molecule has 0 spiro atoms. The summed E-state index contributed by atoms with van der Waals surface area (Å²) in [6.07, 6.45) is 5.90. The van der Waals surface area contributed by atoms with Crippen LogP contribution in [-0.4, -0.2) is 40.3 Å². The van der Waals surface area contributed by atoms with Gasteiger partial charge in [0.05, 0.1) is 18.8 Å². The van der Waals surface area contributed by atoms with Gasteiger partial charge in [-0.1, -0.05) is 6.42 Å². The Morgan fingerprint density at radius 3 is 2.83 bits per heavy atom. The SMILES string of the molecule is CCONC(=O)c1ccc2nn(CN3CCCCC3)cc2c1C. The second-order valence-electron chi connectivity index (χ2n) is 6.02. The molecule has 0 bridgehead atoms. The van der Waals surface area contributed by atoms with Gasteiger partial charge in [0.25, 0.3) is 5.91 Å². The van der Waals surface area contributed by atoms with Crippen LogP contribution < -0.4 is 5.48 Å². The van der Waals surface area contributed by atoms with Gasteiger partial charge in [-0.05, 0) is 57.5 Å². The highest BCUT2D eigenvalue weighted by atomic mass is 16.6. The van der Waals surface area contributed by atoms with E-state index in [1.165, 1.54) is 19.3 Å². The number of rotatable bonds is 5. The van der Waals surface area contributed by atoms with E-state index < -0.39 is 0 Å². The molecule has 6 heteroatoms. The van der Waals surface area contributed by atoms with Gasteiger partial charge in [-0.3, -0.25) is 19.2 Å². The maximum atomic E-state index is 12.1. The molecule has 1 saturated heterocycles. The molecule has 1 N–H and O–H groups in total. The molecular formula is C17H24N4O2. The molecule has 1 fully saturated rings. The second kappa shape index (κ2) is 7.10. The highest BCUT2D eigenvalue weighted by Crippen LogP contribution is 2.21. The van der Waals surface area contributed by atoms with Crippen molar-refractivity contribution < 1.29 is 9.63 Å². The summed E-state index contributed by atoms with van der Waals surface area (Å²) in [7, 11) is 0. The van der Waals surface area contributed by atoms with Crippen LogP contribution in [0.5, 0.6) is 0 Å². The molecule has 6 nitrogen and oxygen atoms in total. The van der Waals surface area contributed by atoms with Crippen LogP contribution >= 0.6 is 0 Å². The number of amides is 1. The fourth-order valence-electron chi connectivity index (χ4n) is 3.10. The Labute approximate surface area is 136 Å². The van der Waals surface area contributed by atoms with Crippen molar-refractivity contribution in [2.75, 3.05) is 19.7 Å². The molecule has 2 heterocycles. The van der Waals surface area contributed by atoms with Crippen LogP contribution in [0.1, 0.15) is 42.1 Å². The normalized spacial score (nSPS) is 15.9. The van der Waals surface area contributed by atoms with Crippen LogP contribution in [0.4, 0.5) is 0 Å². The van der Waals surface area contributed by atoms with Crippen molar-refractivity contribution in [3.05, 3.63) is 29.5 Å². The van der Waals surface area contributed by atoms with Crippen LogP contribution in [0.25, 0.3) is 10.9 Å². The van der Waals surface area contributed by atoms with E-state index in [1.54, 1.807) is 0 Å². The Balaban J connectivity index is 1.81. The first-order valence-corrected chi connectivity index (χ1v) is 8.30. The lowest BCUT2D eigenvalue weighted by Gasteiger charge is -2.25. The Morgan fingerprint density at radius 1 is 1.30 bits per heavy atom. The van der Waals surface area contributed by atoms with Crippen molar-refractivity contribution >= 4 is 16.8 Å². The van der Waals surface area contributed by atoms with Crippen LogP contribution in [0.2, 0.25) is 0 Å². The van der Waals surface area contributed by atoms with Crippen molar-refractivity contribution in [2.24, 2.45) is 0 Å². The van der Waals surface area contributed by atoms with Crippen molar-refractivity contribution in [1.82, 2.24) is 20.2 Å². The zero-order chi connectivity index (χ0) is 16.2. The third kappa shape index (κ3) is 3.54. The quantitative estimate of drug-likeness (QED) is 0.861. The van der Waals surface area contributed by atoms with E-state index in [0.717, 1.165) is 36.2 Å². The zero-order valence-corrected chi connectivity index (χ0v) is 13.8. The van der Waals surface area contributed by atoms with Gasteiger partial charge in [-0.15, -0.1) is 0 Å². The number of carbonyl (C=O) groups is 1. The standard InChI is InChI=1S/C17H24N4O2/c1-3-23-19-17(22)14-7-8-16-15(13(14)2)11-21(18-16)12-20-9-5-4-6-10-20/h7-8,11H,3-6,9-10,12H2,1-2H3,(H,19,22). The molecule has 23 heavy (non-hydrogen) atoms. The molecule has 1 aliphatic heterocycles. The molecule has 3 rings (SSSR count). The van der Waals surface area contributed by atoms with Crippen molar-refractivity contribution in [3.8, 4) is 0 Å². The number of carbonyl (C=O) groups excluding carboxylic acids is 1. The number of hydrogen-bond acceptors (Lipinski definition) is 4. The highest BCUT2D eigenvalue weighted by Gasteiger charge is 2.15. The lowest BCUT2D eigenvalue weighted by Crippen LogP contribution is -2.31. The van der Waals surface area contributed by atoms with Gasteiger partial charge >= 0.3 is 0 Å². The summed E-state index contributed by atoms with van der Waals surface area (Å²) in [6.45, 7) is 7.32. The summed E-state index contributed by atoms with van der Waals surface area (Å²) in [5.41, 5.74) is 4.94. The minimum atomic E-state index is -0.213. The number of likely N-dealkylation sites (tertiary alicyclic amines) is 1. The maximum absolute atomic E-state index is 12.1. The van der Waals surface area contributed by atoms with Crippen LogP contribution in [0, 0.1) is 6.92 Å². The molecule has 0 aliphatic carbocycles. The number of aromatic nitrogens is 2. The number of nitrogens with zero attached hydrogens (tertiary/aromatic N) is 3. The van der Waals surface area contributed by atoms with Gasteiger partial charge in [0.15, 0.2) is 0 Å². The van der Waals surface area contributed by atoms with Crippen molar-refractivity contribution in [1.29, 1.82) is 0 Å². The fraction of sp³-hybridized carbons (Fsp3) is 0.529. The van der Waals surface area contributed by atoms with Crippen molar-refractivity contribution in [3.63, 3.8) is 0 Å². The number of hydroxylamine groups is 1. The van der Waals surface area contributed by atoms with E-state index >= 15 is 0 Å². The van der Waals surface area contributed by atoms with E-state index in [4.69, 9.17) is 4.84 Å². The van der Waals surface area contributed by atoms with E-state index in [1.807, 2.05) is 36.9 Å². The van der Waals surface area contributed by atoms with Gasteiger partial charge in [-0.2, -0.15) is 5.10 Å². The Bertz CT molecular complexity index is 689. The van der Waals surface area contributed by atoms with Gasteiger partial charge in [0.1, 0.15) is 0 Å². The molecule has 124 valence electrons. The predicted octanol–water partition coefficient (Wildman–Crippen LogP) is 2.47. The van der Waals surface area contributed by atoms with Gasteiger partial charge in [0.2, 0.25) is 0 Å². The summed E-state index contributed by atoms with van der Waals surface area (Å²) in [5, 5.41) is 5.66. The largest absolute Gasteiger partial charge is 0.284 e.